The van der Waals surface area contributed by atoms with E-state index in [4.69, 9.17) is 10.5 Å². The second-order valence-corrected chi connectivity index (χ2v) is 6.32. The third-order valence-corrected chi connectivity index (χ3v) is 2.99. The lowest BCUT2D eigenvalue weighted by molar-refractivity contribution is 0.290. The molecule has 3 N–H and O–H groups in total. The van der Waals surface area contributed by atoms with Gasteiger partial charge in [0.15, 0.2) is 5.96 Å². The number of nitrogens with two attached hydrogens (primary N) is 1. The maximum atomic E-state index is 5.90. The Morgan fingerprint density at radius 3 is 2.54 bits per heavy atom. The highest BCUT2D eigenvalue weighted by Gasteiger charge is 2.10. The Labute approximate surface area is 160 Å². The topological polar surface area (TPSA) is 72.5 Å². The minimum Gasteiger partial charge on any atom is -0.473 e. The molecule has 0 aliphatic heterocycles. The maximum absolute atomic E-state index is 5.90. The molecule has 0 atom stereocenters. The van der Waals surface area contributed by atoms with E-state index in [1.807, 2.05) is 63.2 Å². The zero-order chi connectivity index (χ0) is 16.7. The Balaban J connectivity index is 0.00000288. The Kier molecular flexibility index (Phi) is 7.97. The highest BCUT2D eigenvalue weighted by atomic mass is 127. The molecule has 0 saturated carbocycles. The van der Waals surface area contributed by atoms with Crippen LogP contribution < -0.4 is 15.8 Å². The first-order valence-corrected chi connectivity index (χ1v) is 7.63. The lowest BCUT2D eigenvalue weighted by atomic mass is 10.1. The molecule has 0 amide bonds. The van der Waals surface area contributed by atoms with Gasteiger partial charge in [0.1, 0.15) is 6.61 Å². The molecule has 1 aromatic carbocycles. The molecule has 1 aromatic heterocycles. The van der Waals surface area contributed by atoms with Crippen molar-refractivity contribution in [2.24, 2.45) is 10.7 Å². The second-order valence-electron chi connectivity index (χ2n) is 6.32. The van der Waals surface area contributed by atoms with Gasteiger partial charge < -0.3 is 15.8 Å². The summed E-state index contributed by atoms with van der Waals surface area (Å²) in [7, 11) is 0. The number of benzene rings is 1. The van der Waals surface area contributed by atoms with Gasteiger partial charge in [-0.3, -0.25) is 0 Å². The van der Waals surface area contributed by atoms with Crippen molar-refractivity contribution in [3.63, 3.8) is 0 Å². The van der Waals surface area contributed by atoms with Gasteiger partial charge in [-0.15, -0.1) is 24.0 Å². The first-order valence-electron chi connectivity index (χ1n) is 7.63. The first-order chi connectivity index (χ1) is 10.9. The average Bonchev–Trinajstić information content (AvgIpc) is 2.51. The number of guanidine groups is 1. The van der Waals surface area contributed by atoms with Crippen LogP contribution in [0.4, 0.5) is 0 Å². The van der Waals surface area contributed by atoms with Crippen LogP contribution in [0.2, 0.25) is 0 Å². The summed E-state index contributed by atoms with van der Waals surface area (Å²) in [5.41, 5.74) is 7.79. The van der Waals surface area contributed by atoms with Crippen molar-refractivity contribution in [1.29, 1.82) is 0 Å². The largest absolute Gasteiger partial charge is 0.473 e. The van der Waals surface area contributed by atoms with Crippen LogP contribution in [0.15, 0.2) is 53.7 Å². The maximum Gasteiger partial charge on any atom is 0.218 e. The van der Waals surface area contributed by atoms with E-state index < -0.39 is 0 Å². The quantitative estimate of drug-likeness (QED) is 0.424. The van der Waals surface area contributed by atoms with Gasteiger partial charge in [-0.05, 0) is 32.4 Å². The van der Waals surface area contributed by atoms with Gasteiger partial charge in [-0.25, -0.2) is 9.98 Å². The summed E-state index contributed by atoms with van der Waals surface area (Å²) in [5.74, 6) is 0.999. The summed E-state index contributed by atoms with van der Waals surface area (Å²) in [6.07, 6.45) is 1.71. The molecule has 0 unspecified atom stereocenters. The minimum atomic E-state index is -0.116. The fourth-order valence-electron chi connectivity index (χ4n) is 1.99. The number of aromatic nitrogens is 1. The lowest BCUT2D eigenvalue weighted by Crippen LogP contribution is -2.44. The summed E-state index contributed by atoms with van der Waals surface area (Å²) < 4.78 is 5.81. The van der Waals surface area contributed by atoms with Crippen molar-refractivity contribution in [2.75, 3.05) is 0 Å². The number of aliphatic imine (C=N–C) groups is 1. The standard InChI is InChI=1S/C18H24N4O.HI/c1-18(2,3)22-17(19)21-12-15-10-7-11-20-16(15)23-13-14-8-5-4-6-9-14;/h4-11H,12-13H2,1-3H3,(H3,19,21,22);1H. The van der Waals surface area contributed by atoms with E-state index >= 15 is 0 Å². The molecule has 0 aliphatic carbocycles. The summed E-state index contributed by atoms with van der Waals surface area (Å²) in [4.78, 5) is 8.65. The van der Waals surface area contributed by atoms with Gasteiger partial charge in [0, 0.05) is 17.3 Å². The van der Waals surface area contributed by atoms with Gasteiger partial charge >= 0.3 is 0 Å². The SMILES string of the molecule is CC(C)(C)NC(N)=NCc1cccnc1OCc1ccccc1.I. The number of hydrogen-bond donors (Lipinski definition) is 2. The lowest BCUT2D eigenvalue weighted by Gasteiger charge is -2.21. The van der Waals surface area contributed by atoms with E-state index in [2.05, 4.69) is 15.3 Å². The molecular weight excluding hydrogens is 415 g/mol. The molecule has 24 heavy (non-hydrogen) atoms. The molecular formula is C18H25IN4O. The van der Waals surface area contributed by atoms with E-state index in [1.54, 1.807) is 6.20 Å². The van der Waals surface area contributed by atoms with Crippen LogP contribution >= 0.6 is 24.0 Å². The molecule has 0 saturated heterocycles. The number of nitrogens with zero attached hydrogens (tertiary/aromatic N) is 2. The molecule has 0 aliphatic rings. The minimum absolute atomic E-state index is 0. The fraction of sp³-hybridized carbons (Fsp3) is 0.333. The zero-order valence-corrected chi connectivity index (χ0v) is 16.7. The highest BCUT2D eigenvalue weighted by molar-refractivity contribution is 14.0. The Morgan fingerprint density at radius 2 is 1.88 bits per heavy atom. The normalized spacial score (nSPS) is 11.5. The third-order valence-electron chi connectivity index (χ3n) is 2.99. The van der Waals surface area contributed by atoms with Crippen LogP contribution in [-0.2, 0) is 13.2 Å². The van der Waals surface area contributed by atoms with Gasteiger partial charge in [-0.1, -0.05) is 36.4 Å². The Bertz CT molecular complexity index is 654. The summed E-state index contributed by atoms with van der Waals surface area (Å²) in [6.45, 7) is 7.01. The molecule has 2 aromatic rings. The molecule has 5 nitrogen and oxygen atoms in total. The fourth-order valence-corrected chi connectivity index (χ4v) is 1.99. The Hall–Kier alpha value is -1.83. The number of nitrogens with one attached hydrogen (secondary N) is 1. The van der Waals surface area contributed by atoms with Gasteiger partial charge in [-0.2, -0.15) is 0 Å². The van der Waals surface area contributed by atoms with Crippen LogP contribution in [0.1, 0.15) is 31.9 Å². The average molecular weight is 440 g/mol. The van der Waals surface area contributed by atoms with Crippen LogP contribution in [0.25, 0.3) is 0 Å². The summed E-state index contributed by atoms with van der Waals surface area (Å²) >= 11 is 0. The van der Waals surface area contributed by atoms with Gasteiger partial charge in [0.2, 0.25) is 5.88 Å². The third kappa shape index (κ3) is 7.16. The van der Waals surface area contributed by atoms with Crippen molar-refractivity contribution in [1.82, 2.24) is 10.3 Å². The number of rotatable bonds is 5. The molecule has 0 bridgehead atoms. The van der Waals surface area contributed by atoms with E-state index in [0.29, 0.717) is 25.0 Å². The van der Waals surface area contributed by atoms with Crippen LogP contribution in [0.3, 0.4) is 0 Å². The predicted molar refractivity (Wildman–Crippen MR) is 109 cm³/mol. The molecule has 0 fully saturated rings. The molecule has 2 rings (SSSR count). The summed E-state index contributed by atoms with van der Waals surface area (Å²) in [5, 5.41) is 3.13. The second kappa shape index (κ2) is 9.46. The van der Waals surface area contributed by atoms with Gasteiger partial charge in [0.05, 0.1) is 6.54 Å². The van der Waals surface area contributed by atoms with Crippen molar-refractivity contribution in [3.05, 3.63) is 59.8 Å². The van der Waals surface area contributed by atoms with Crippen molar-refractivity contribution < 1.29 is 4.74 Å². The summed E-state index contributed by atoms with van der Waals surface area (Å²) in [6, 6.07) is 13.8. The van der Waals surface area contributed by atoms with E-state index in [9.17, 15) is 0 Å². The molecule has 0 radical (unpaired) electrons. The number of halogens is 1. The van der Waals surface area contributed by atoms with E-state index in [1.165, 1.54) is 0 Å². The molecule has 130 valence electrons. The predicted octanol–water partition coefficient (Wildman–Crippen LogP) is 3.48. The molecule has 6 heteroatoms. The smallest absolute Gasteiger partial charge is 0.218 e. The van der Waals surface area contributed by atoms with Crippen molar-refractivity contribution in [3.8, 4) is 5.88 Å². The number of pyridine rings is 1. The van der Waals surface area contributed by atoms with E-state index in [-0.39, 0.29) is 29.5 Å². The van der Waals surface area contributed by atoms with Gasteiger partial charge in [0.25, 0.3) is 0 Å². The van der Waals surface area contributed by atoms with Crippen molar-refractivity contribution >= 4 is 29.9 Å². The monoisotopic (exact) mass is 440 g/mol. The highest BCUT2D eigenvalue weighted by Crippen LogP contribution is 2.17. The van der Waals surface area contributed by atoms with E-state index in [0.717, 1.165) is 11.1 Å². The number of ether oxygens (including phenoxy) is 1. The first kappa shape index (κ1) is 20.2. The van der Waals surface area contributed by atoms with Crippen LogP contribution in [-0.4, -0.2) is 16.5 Å². The Morgan fingerprint density at radius 1 is 1.17 bits per heavy atom. The zero-order valence-electron chi connectivity index (χ0n) is 14.3. The van der Waals surface area contributed by atoms with Crippen LogP contribution in [0, 0.1) is 0 Å². The number of hydrogen-bond acceptors (Lipinski definition) is 3. The molecule has 0 spiro atoms. The van der Waals surface area contributed by atoms with Crippen LogP contribution in [0.5, 0.6) is 5.88 Å². The molecule has 1 heterocycles. The van der Waals surface area contributed by atoms with Crippen molar-refractivity contribution in [2.45, 2.75) is 39.5 Å².